The lowest BCUT2D eigenvalue weighted by Crippen LogP contribution is -2.57. The normalized spacial score (nSPS) is 27.0. The van der Waals surface area contributed by atoms with Crippen molar-refractivity contribution in [2.24, 2.45) is 0 Å². The van der Waals surface area contributed by atoms with E-state index >= 15 is 0 Å². The van der Waals surface area contributed by atoms with Crippen molar-refractivity contribution in [3.8, 4) is 5.75 Å². The number of benzene rings is 1. The first-order valence-electron chi connectivity index (χ1n) is 12.6. The number of aromatic nitrogens is 2. The van der Waals surface area contributed by atoms with Gasteiger partial charge in [-0.3, -0.25) is 24.6 Å². The van der Waals surface area contributed by atoms with Crippen molar-refractivity contribution >= 4 is 29.3 Å². The van der Waals surface area contributed by atoms with Crippen molar-refractivity contribution in [1.82, 2.24) is 25.1 Å². The van der Waals surface area contributed by atoms with Crippen LogP contribution >= 0.6 is 11.6 Å². The molecule has 0 radical (unpaired) electrons. The first-order chi connectivity index (χ1) is 17.5. The second-order valence-electron chi connectivity index (χ2n) is 10.1. The van der Waals surface area contributed by atoms with Gasteiger partial charge in [0.1, 0.15) is 23.7 Å². The van der Waals surface area contributed by atoms with Crippen LogP contribution in [0.15, 0.2) is 30.6 Å². The summed E-state index contributed by atoms with van der Waals surface area (Å²) >= 11 is 5.92. The third-order valence-corrected chi connectivity index (χ3v) is 8.03. The summed E-state index contributed by atoms with van der Waals surface area (Å²) in [5.41, 5.74) is 1.46. The van der Waals surface area contributed by atoms with Gasteiger partial charge in [-0.1, -0.05) is 18.0 Å². The molecule has 6 rings (SSSR count). The Bertz CT molecular complexity index is 1200. The highest BCUT2D eigenvalue weighted by molar-refractivity contribution is 6.30. The van der Waals surface area contributed by atoms with E-state index < -0.39 is 11.9 Å². The molecule has 3 aliphatic heterocycles. The maximum absolute atomic E-state index is 13.0. The molecule has 10 heteroatoms. The summed E-state index contributed by atoms with van der Waals surface area (Å²) in [5, 5.41) is 2.89. The molecule has 2 saturated heterocycles. The minimum atomic E-state index is -0.612. The number of nitrogens with one attached hydrogen (secondary N) is 1. The maximum atomic E-state index is 13.0. The van der Waals surface area contributed by atoms with Crippen molar-refractivity contribution in [2.75, 3.05) is 13.1 Å². The molecule has 36 heavy (non-hydrogen) atoms. The van der Waals surface area contributed by atoms with Crippen molar-refractivity contribution in [3.05, 3.63) is 52.6 Å². The summed E-state index contributed by atoms with van der Waals surface area (Å²) in [6.07, 6.45) is 8.37. The monoisotopic (exact) mass is 509 g/mol. The average molecular weight is 510 g/mol. The minimum Gasteiger partial charge on any atom is -0.489 e. The van der Waals surface area contributed by atoms with Crippen LogP contribution in [-0.4, -0.2) is 68.8 Å². The predicted octanol–water partition coefficient (Wildman–Crippen LogP) is 2.68. The largest absolute Gasteiger partial charge is 0.489 e. The molecule has 1 saturated carbocycles. The first-order valence-corrected chi connectivity index (χ1v) is 13.0. The predicted molar refractivity (Wildman–Crippen MR) is 131 cm³/mol. The highest BCUT2D eigenvalue weighted by Crippen LogP contribution is 2.36. The number of halogens is 1. The number of likely N-dealkylation sites (tertiary alicyclic amines) is 1. The van der Waals surface area contributed by atoms with E-state index in [9.17, 15) is 14.4 Å². The Morgan fingerprint density at radius 3 is 2.58 bits per heavy atom. The van der Waals surface area contributed by atoms with E-state index in [2.05, 4.69) is 20.2 Å². The van der Waals surface area contributed by atoms with Crippen LogP contribution in [-0.2, 0) is 16.1 Å². The molecular weight excluding hydrogens is 482 g/mol. The van der Waals surface area contributed by atoms with Gasteiger partial charge < -0.3 is 9.64 Å². The van der Waals surface area contributed by atoms with Crippen molar-refractivity contribution < 1.29 is 19.1 Å². The second-order valence-corrected chi connectivity index (χ2v) is 10.6. The number of hydrogen-bond donors (Lipinski definition) is 1. The summed E-state index contributed by atoms with van der Waals surface area (Å²) in [4.78, 5) is 49.6. The van der Waals surface area contributed by atoms with Gasteiger partial charge in [0.25, 0.3) is 5.91 Å². The van der Waals surface area contributed by atoms with Crippen LogP contribution in [0.5, 0.6) is 5.75 Å². The zero-order valence-electron chi connectivity index (χ0n) is 19.9. The third-order valence-electron chi connectivity index (χ3n) is 7.83. The molecule has 188 valence electrons. The fourth-order valence-electron chi connectivity index (χ4n) is 5.91. The molecule has 0 unspecified atom stereocenters. The molecule has 2 aromatic rings. The second kappa shape index (κ2) is 9.44. The van der Waals surface area contributed by atoms with Crippen LogP contribution in [0.3, 0.4) is 0 Å². The van der Waals surface area contributed by atoms with Gasteiger partial charge in [0, 0.05) is 56.0 Å². The van der Waals surface area contributed by atoms with Gasteiger partial charge in [0.05, 0.1) is 5.02 Å². The maximum Gasteiger partial charge on any atom is 0.255 e. The number of piperidine rings is 1. The molecule has 1 N–H and O–H groups in total. The Hall–Kier alpha value is -3.04. The number of hydrogen-bond acceptors (Lipinski definition) is 7. The van der Waals surface area contributed by atoms with Crippen LogP contribution in [0.2, 0.25) is 5.02 Å². The standard InChI is InChI=1S/C26H28ClN5O4/c27-17-10-28-24(29-11-17)16-12-31(13-16)20-3-1-2-4-22(20)36-18-5-6-19-15(9-18)14-32(26(19)35)21-7-8-23(33)30-25(21)34/h5-6,9-11,16,20-22H,1-4,7-8,12-14H2,(H,30,33,34)/t20-,21-,22+/m1/s1. The zero-order chi connectivity index (χ0) is 24.8. The van der Waals surface area contributed by atoms with Gasteiger partial charge in [0.2, 0.25) is 11.8 Å². The van der Waals surface area contributed by atoms with E-state index in [-0.39, 0.29) is 24.3 Å². The van der Waals surface area contributed by atoms with E-state index in [1.807, 2.05) is 12.1 Å². The van der Waals surface area contributed by atoms with Crippen molar-refractivity contribution in [2.45, 2.75) is 69.2 Å². The van der Waals surface area contributed by atoms with Gasteiger partial charge >= 0.3 is 0 Å². The van der Waals surface area contributed by atoms with Crippen LogP contribution in [0, 0.1) is 0 Å². The van der Waals surface area contributed by atoms with Gasteiger partial charge in [-0.05, 0) is 49.4 Å². The molecule has 4 aliphatic rings. The van der Waals surface area contributed by atoms with Crippen LogP contribution in [0.25, 0.3) is 0 Å². The smallest absolute Gasteiger partial charge is 0.255 e. The number of nitrogens with zero attached hydrogens (tertiary/aromatic N) is 4. The molecule has 1 aromatic heterocycles. The van der Waals surface area contributed by atoms with E-state index in [4.69, 9.17) is 16.3 Å². The Labute approximate surface area is 214 Å². The SMILES string of the molecule is O=C1CC[C@@H](N2Cc3cc(O[C@H]4CCCC[C@H]4N4CC(c5ncc(Cl)cn5)C4)ccc3C2=O)C(=O)N1. The molecule has 1 aliphatic carbocycles. The number of imide groups is 1. The summed E-state index contributed by atoms with van der Waals surface area (Å²) in [6.45, 7) is 2.16. The fourth-order valence-corrected chi connectivity index (χ4v) is 6.01. The van der Waals surface area contributed by atoms with Gasteiger partial charge in [-0.25, -0.2) is 9.97 Å². The lowest BCUT2D eigenvalue weighted by atomic mass is 9.86. The van der Waals surface area contributed by atoms with Gasteiger partial charge in [0.15, 0.2) is 0 Å². The molecule has 3 fully saturated rings. The zero-order valence-corrected chi connectivity index (χ0v) is 20.6. The molecular formula is C26H28ClN5O4. The number of carbonyl (C=O) groups excluding carboxylic acids is 3. The summed E-state index contributed by atoms with van der Waals surface area (Å²) in [5.74, 6) is 1.05. The Morgan fingerprint density at radius 1 is 1.03 bits per heavy atom. The van der Waals surface area contributed by atoms with E-state index in [1.165, 1.54) is 6.42 Å². The van der Waals surface area contributed by atoms with Crippen LogP contribution in [0.4, 0.5) is 0 Å². The number of fused-ring (bicyclic) bond motifs is 1. The topological polar surface area (TPSA) is 105 Å². The summed E-state index contributed by atoms with van der Waals surface area (Å²) in [7, 11) is 0. The van der Waals surface area contributed by atoms with Crippen molar-refractivity contribution in [3.63, 3.8) is 0 Å². The molecule has 4 heterocycles. The lowest BCUT2D eigenvalue weighted by Gasteiger charge is -2.47. The molecule has 3 atom stereocenters. The van der Waals surface area contributed by atoms with E-state index in [1.54, 1.807) is 23.4 Å². The molecule has 3 amide bonds. The molecule has 9 nitrogen and oxygen atoms in total. The number of rotatable bonds is 5. The van der Waals surface area contributed by atoms with Gasteiger partial charge in [-0.15, -0.1) is 0 Å². The molecule has 0 spiro atoms. The Balaban J connectivity index is 1.11. The van der Waals surface area contributed by atoms with Crippen molar-refractivity contribution in [1.29, 1.82) is 0 Å². The third kappa shape index (κ3) is 4.35. The van der Waals surface area contributed by atoms with E-state index in [0.717, 1.165) is 49.5 Å². The van der Waals surface area contributed by atoms with Crippen LogP contribution in [0.1, 0.15) is 66.2 Å². The molecule has 1 aromatic carbocycles. The van der Waals surface area contributed by atoms with Gasteiger partial charge in [-0.2, -0.15) is 0 Å². The quantitative estimate of drug-likeness (QED) is 0.618. The highest BCUT2D eigenvalue weighted by Gasteiger charge is 2.41. The Morgan fingerprint density at radius 2 is 1.81 bits per heavy atom. The lowest BCUT2D eigenvalue weighted by molar-refractivity contribution is -0.136. The summed E-state index contributed by atoms with van der Waals surface area (Å²) < 4.78 is 6.51. The highest BCUT2D eigenvalue weighted by atomic mass is 35.5. The number of amides is 3. The summed E-state index contributed by atoms with van der Waals surface area (Å²) in [6, 6.07) is 5.31. The van der Waals surface area contributed by atoms with Crippen LogP contribution < -0.4 is 10.1 Å². The number of ether oxygens (including phenoxy) is 1. The number of carbonyl (C=O) groups is 3. The molecule has 0 bridgehead atoms. The first kappa shape index (κ1) is 23.4. The fraction of sp³-hybridized carbons (Fsp3) is 0.500. The van der Waals surface area contributed by atoms with E-state index in [0.29, 0.717) is 35.5 Å². The Kier molecular flexibility index (Phi) is 6.13. The minimum absolute atomic E-state index is 0.0761. The average Bonchev–Trinajstić information content (AvgIpc) is 3.16.